The van der Waals surface area contributed by atoms with Gasteiger partial charge in [-0.1, -0.05) is 19.0 Å². The summed E-state index contributed by atoms with van der Waals surface area (Å²) in [7, 11) is 0. The average molecular weight is 218 g/mol. The molecule has 1 N–H and O–H groups in total. The van der Waals surface area contributed by atoms with Gasteiger partial charge in [0.25, 0.3) is 0 Å². The number of aromatic nitrogens is 2. The lowest BCUT2D eigenvalue weighted by molar-refractivity contribution is 0.272. The van der Waals surface area contributed by atoms with E-state index >= 15 is 0 Å². The summed E-state index contributed by atoms with van der Waals surface area (Å²) in [4.78, 5) is 4.33. The summed E-state index contributed by atoms with van der Waals surface area (Å²) in [5.74, 6) is 2.17. The predicted molar refractivity (Wildman–Crippen MR) is 55.4 cm³/mol. The summed E-state index contributed by atoms with van der Waals surface area (Å²) < 4.78 is 5.15. The molecule has 1 aliphatic heterocycles. The fourth-order valence-corrected chi connectivity index (χ4v) is 1.36. The van der Waals surface area contributed by atoms with Gasteiger partial charge in [-0.15, -0.1) is 12.4 Å². The molecule has 0 aliphatic carbocycles. The van der Waals surface area contributed by atoms with Crippen LogP contribution in [0.1, 0.15) is 38.0 Å². The van der Waals surface area contributed by atoms with E-state index in [4.69, 9.17) is 4.52 Å². The molecular weight excluding hydrogens is 202 g/mol. The topological polar surface area (TPSA) is 51.0 Å². The van der Waals surface area contributed by atoms with Crippen LogP contribution in [0.15, 0.2) is 4.52 Å². The molecule has 0 bridgehead atoms. The first-order chi connectivity index (χ1) is 6.25. The Bertz CT molecular complexity index is 283. The van der Waals surface area contributed by atoms with E-state index in [0.29, 0.717) is 12.0 Å². The maximum Gasteiger partial charge on any atom is 0.243 e. The quantitative estimate of drug-likeness (QED) is 0.838. The van der Waals surface area contributed by atoms with Crippen molar-refractivity contribution in [2.75, 3.05) is 6.54 Å². The number of hydrogen-bond acceptors (Lipinski definition) is 4. The smallest absolute Gasteiger partial charge is 0.243 e. The molecule has 5 heteroatoms. The van der Waals surface area contributed by atoms with Gasteiger partial charge in [0, 0.05) is 6.42 Å². The van der Waals surface area contributed by atoms with Crippen LogP contribution in [0.4, 0.5) is 0 Å². The minimum atomic E-state index is 0. The molecule has 2 heterocycles. The summed E-state index contributed by atoms with van der Waals surface area (Å²) in [5, 5.41) is 7.17. The van der Waals surface area contributed by atoms with E-state index in [1.54, 1.807) is 0 Å². The van der Waals surface area contributed by atoms with E-state index in [-0.39, 0.29) is 12.4 Å². The number of rotatable bonds is 3. The highest BCUT2D eigenvalue weighted by molar-refractivity contribution is 5.85. The largest absolute Gasteiger partial charge is 0.338 e. The number of halogens is 1. The van der Waals surface area contributed by atoms with Gasteiger partial charge >= 0.3 is 0 Å². The molecule has 0 saturated carbocycles. The Morgan fingerprint density at radius 1 is 1.57 bits per heavy atom. The fourth-order valence-electron chi connectivity index (χ4n) is 1.36. The Balaban J connectivity index is 0.000000980. The van der Waals surface area contributed by atoms with Gasteiger partial charge in [0.2, 0.25) is 5.89 Å². The molecule has 4 nitrogen and oxygen atoms in total. The van der Waals surface area contributed by atoms with Crippen molar-refractivity contribution >= 4 is 12.4 Å². The van der Waals surface area contributed by atoms with Gasteiger partial charge in [0.15, 0.2) is 5.82 Å². The minimum absolute atomic E-state index is 0. The molecule has 0 spiro atoms. The monoisotopic (exact) mass is 217 g/mol. The highest BCUT2D eigenvalue weighted by Gasteiger charge is 2.24. The molecule has 1 atom stereocenters. The molecule has 80 valence electrons. The van der Waals surface area contributed by atoms with Crippen molar-refractivity contribution in [2.45, 2.75) is 32.7 Å². The van der Waals surface area contributed by atoms with E-state index in [0.717, 1.165) is 31.1 Å². The molecule has 1 aromatic rings. The van der Waals surface area contributed by atoms with Crippen LogP contribution in [-0.4, -0.2) is 16.7 Å². The predicted octanol–water partition coefficient (Wildman–Crippen LogP) is 1.72. The average Bonchev–Trinajstić information content (AvgIpc) is 2.31. The van der Waals surface area contributed by atoms with Crippen LogP contribution < -0.4 is 5.32 Å². The van der Waals surface area contributed by atoms with Gasteiger partial charge in [-0.05, 0) is 18.9 Å². The van der Waals surface area contributed by atoms with Gasteiger partial charge in [-0.3, -0.25) is 0 Å². The fraction of sp³-hybridized carbons (Fsp3) is 0.778. The van der Waals surface area contributed by atoms with E-state index in [2.05, 4.69) is 29.3 Å². The molecule has 0 amide bonds. The lowest BCUT2D eigenvalue weighted by Gasteiger charge is -2.23. The molecule has 2 rings (SSSR count). The Morgan fingerprint density at radius 2 is 2.29 bits per heavy atom. The number of nitrogens with one attached hydrogen (secondary N) is 1. The maximum absolute atomic E-state index is 5.15. The number of nitrogens with zero attached hydrogens (tertiary/aromatic N) is 2. The SMILES string of the molecule is CC(C)Cc1noc([C@H]2CCN2)n1.Cl. The Labute approximate surface area is 89.9 Å². The van der Waals surface area contributed by atoms with Gasteiger partial charge in [0.1, 0.15) is 0 Å². The first-order valence-corrected chi connectivity index (χ1v) is 4.81. The molecule has 1 fully saturated rings. The highest BCUT2D eigenvalue weighted by Crippen LogP contribution is 2.20. The highest BCUT2D eigenvalue weighted by atomic mass is 35.5. The van der Waals surface area contributed by atoms with Gasteiger partial charge in [-0.25, -0.2) is 0 Å². The van der Waals surface area contributed by atoms with Crippen LogP contribution >= 0.6 is 12.4 Å². The van der Waals surface area contributed by atoms with Crippen molar-refractivity contribution in [3.8, 4) is 0 Å². The van der Waals surface area contributed by atoms with Crippen LogP contribution in [0.25, 0.3) is 0 Å². The van der Waals surface area contributed by atoms with Crippen molar-refractivity contribution in [1.29, 1.82) is 0 Å². The minimum Gasteiger partial charge on any atom is -0.338 e. The Morgan fingerprint density at radius 3 is 2.79 bits per heavy atom. The number of hydrogen-bond donors (Lipinski definition) is 1. The normalized spacial score (nSPS) is 20.4. The van der Waals surface area contributed by atoms with Crippen molar-refractivity contribution in [3.63, 3.8) is 0 Å². The van der Waals surface area contributed by atoms with E-state index in [1.807, 2.05) is 0 Å². The zero-order valence-electron chi connectivity index (χ0n) is 8.49. The zero-order chi connectivity index (χ0) is 9.26. The van der Waals surface area contributed by atoms with Crippen molar-refractivity contribution in [2.24, 2.45) is 5.92 Å². The third-order valence-electron chi connectivity index (χ3n) is 2.20. The van der Waals surface area contributed by atoms with Gasteiger partial charge in [-0.2, -0.15) is 4.98 Å². The van der Waals surface area contributed by atoms with Crippen molar-refractivity contribution in [3.05, 3.63) is 11.7 Å². The summed E-state index contributed by atoms with van der Waals surface area (Å²) in [6.45, 7) is 5.36. The van der Waals surface area contributed by atoms with Crippen LogP contribution in [0.5, 0.6) is 0 Å². The van der Waals surface area contributed by atoms with Crippen LogP contribution in [0.2, 0.25) is 0 Å². The molecule has 1 aromatic heterocycles. The van der Waals surface area contributed by atoms with Crippen LogP contribution in [0, 0.1) is 5.92 Å². The second kappa shape index (κ2) is 4.75. The van der Waals surface area contributed by atoms with Crippen molar-refractivity contribution < 1.29 is 4.52 Å². The summed E-state index contributed by atoms with van der Waals surface area (Å²) in [6, 6.07) is 0.313. The molecule has 0 radical (unpaired) electrons. The lowest BCUT2D eigenvalue weighted by Crippen LogP contribution is -2.35. The van der Waals surface area contributed by atoms with E-state index in [9.17, 15) is 0 Å². The van der Waals surface area contributed by atoms with Crippen molar-refractivity contribution in [1.82, 2.24) is 15.5 Å². The summed E-state index contributed by atoms with van der Waals surface area (Å²) in [6.07, 6.45) is 2.01. The third-order valence-corrected chi connectivity index (χ3v) is 2.20. The van der Waals surface area contributed by atoms with E-state index < -0.39 is 0 Å². The first-order valence-electron chi connectivity index (χ1n) is 4.81. The van der Waals surface area contributed by atoms with Crippen LogP contribution in [0.3, 0.4) is 0 Å². The van der Waals surface area contributed by atoms with E-state index in [1.165, 1.54) is 0 Å². The standard InChI is InChI=1S/C9H15N3O.ClH/c1-6(2)5-8-11-9(13-12-8)7-3-4-10-7;/h6-7,10H,3-5H2,1-2H3;1H/t7-;/m1./s1. The summed E-state index contributed by atoms with van der Waals surface area (Å²) >= 11 is 0. The lowest BCUT2D eigenvalue weighted by atomic mass is 10.1. The third kappa shape index (κ3) is 2.45. The Hall–Kier alpha value is -0.610. The maximum atomic E-state index is 5.15. The van der Waals surface area contributed by atoms with Gasteiger partial charge in [0.05, 0.1) is 6.04 Å². The molecule has 1 aliphatic rings. The molecular formula is C9H16ClN3O. The second-order valence-corrected chi connectivity index (χ2v) is 3.94. The molecule has 0 unspecified atom stereocenters. The summed E-state index contributed by atoms with van der Waals surface area (Å²) in [5.41, 5.74) is 0. The Kier molecular flexibility index (Phi) is 3.89. The molecule has 14 heavy (non-hydrogen) atoms. The van der Waals surface area contributed by atoms with Gasteiger partial charge < -0.3 is 9.84 Å². The second-order valence-electron chi connectivity index (χ2n) is 3.94. The van der Waals surface area contributed by atoms with Crippen LogP contribution in [-0.2, 0) is 6.42 Å². The molecule has 1 saturated heterocycles. The first kappa shape index (κ1) is 11.5. The molecule has 0 aromatic carbocycles. The zero-order valence-corrected chi connectivity index (χ0v) is 9.30.